The summed E-state index contributed by atoms with van der Waals surface area (Å²) in [7, 11) is 0. The minimum atomic E-state index is -1.04. The molecule has 0 bridgehead atoms. The Morgan fingerprint density at radius 1 is 1.11 bits per heavy atom. The zero-order valence-corrected chi connectivity index (χ0v) is 18.2. The molecule has 0 aromatic heterocycles. The third-order valence-corrected chi connectivity index (χ3v) is 6.14. The fraction of sp³-hybridized carbons (Fsp3) is 0.231. The number of nitrogens with zero attached hydrogens (tertiary/aromatic N) is 1. The van der Waals surface area contributed by atoms with Crippen LogP contribution in [0.4, 0.5) is 13.2 Å². The normalized spacial score (nSPS) is 17.8. The number of carboxylic acid groups (broad SMARTS) is 1. The van der Waals surface area contributed by atoms with Gasteiger partial charge in [-0.2, -0.15) is 5.26 Å². The van der Waals surface area contributed by atoms with Crippen LogP contribution in [0, 0.1) is 28.8 Å². The van der Waals surface area contributed by atoms with Gasteiger partial charge in [0.25, 0.3) is 0 Å². The highest BCUT2D eigenvalue weighted by atomic mass is 19.1. The van der Waals surface area contributed by atoms with Gasteiger partial charge in [0, 0.05) is 28.7 Å². The Labute approximate surface area is 198 Å². The van der Waals surface area contributed by atoms with Crippen molar-refractivity contribution in [2.45, 2.75) is 31.3 Å². The number of hydrogen-bond acceptors (Lipinski definition) is 5. The van der Waals surface area contributed by atoms with E-state index in [1.54, 1.807) is 24.3 Å². The molecule has 5 rings (SSSR count). The maximum atomic E-state index is 14.8. The minimum absolute atomic E-state index is 0.0440. The van der Waals surface area contributed by atoms with E-state index in [0.717, 1.165) is 23.8 Å². The maximum Gasteiger partial charge on any atom is 0.304 e. The average molecular weight is 481 g/mol. The quantitative estimate of drug-likeness (QED) is 0.480. The van der Waals surface area contributed by atoms with Crippen molar-refractivity contribution in [1.29, 1.82) is 5.26 Å². The number of nitriles is 1. The predicted octanol–water partition coefficient (Wildman–Crippen LogP) is 5.78. The first-order valence-electron chi connectivity index (χ1n) is 10.9. The van der Waals surface area contributed by atoms with Crippen LogP contribution in [0.3, 0.4) is 0 Å². The number of carbonyl (C=O) groups is 1. The molecule has 0 saturated carbocycles. The van der Waals surface area contributed by atoms with Crippen LogP contribution in [0.2, 0.25) is 0 Å². The monoisotopic (exact) mass is 481 g/mol. The molecule has 1 heterocycles. The van der Waals surface area contributed by atoms with Crippen molar-refractivity contribution in [1.82, 2.24) is 0 Å². The van der Waals surface area contributed by atoms with Crippen LogP contribution < -0.4 is 14.2 Å². The lowest BCUT2D eigenvalue weighted by Gasteiger charge is -2.17. The van der Waals surface area contributed by atoms with E-state index in [0.29, 0.717) is 29.9 Å². The summed E-state index contributed by atoms with van der Waals surface area (Å²) in [5.41, 5.74) is 1.27. The molecule has 3 aromatic rings. The van der Waals surface area contributed by atoms with Crippen LogP contribution in [-0.4, -0.2) is 17.7 Å². The van der Waals surface area contributed by atoms with Gasteiger partial charge < -0.3 is 19.3 Å². The van der Waals surface area contributed by atoms with Crippen molar-refractivity contribution < 1.29 is 37.3 Å². The Balaban J connectivity index is 1.40. The zero-order valence-electron chi connectivity index (χ0n) is 18.2. The molecule has 2 aliphatic rings. The molecule has 0 amide bonds. The highest BCUT2D eigenvalue weighted by Crippen LogP contribution is 2.44. The number of hydrogen-bond donors (Lipinski definition) is 1. The van der Waals surface area contributed by atoms with E-state index in [-0.39, 0.29) is 35.8 Å². The molecule has 3 aromatic carbocycles. The van der Waals surface area contributed by atoms with Gasteiger partial charge in [0.1, 0.15) is 29.2 Å². The number of rotatable bonds is 6. The molecule has 1 aliphatic heterocycles. The maximum absolute atomic E-state index is 14.8. The molecule has 0 radical (unpaired) electrons. The molecule has 1 N–H and O–H groups in total. The number of aliphatic carboxylic acids is 1. The largest absolute Gasteiger partial charge is 0.492 e. The number of halogens is 3. The Kier molecular flexibility index (Phi) is 5.73. The van der Waals surface area contributed by atoms with Gasteiger partial charge in [-0.25, -0.2) is 13.2 Å². The topological polar surface area (TPSA) is 88.8 Å². The molecule has 1 unspecified atom stereocenters. The second-order valence-corrected chi connectivity index (χ2v) is 8.37. The van der Waals surface area contributed by atoms with Gasteiger partial charge in [-0.1, -0.05) is 6.07 Å². The fourth-order valence-electron chi connectivity index (χ4n) is 4.56. The summed E-state index contributed by atoms with van der Waals surface area (Å²) >= 11 is 0. The minimum Gasteiger partial charge on any atom is -0.492 e. The second kappa shape index (κ2) is 8.87. The highest BCUT2D eigenvalue weighted by Gasteiger charge is 2.32. The summed E-state index contributed by atoms with van der Waals surface area (Å²) in [5, 5.41) is 17.9. The molecule has 9 heteroatoms. The van der Waals surface area contributed by atoms with Gasteiger partial charge in [0.15, 0.2) is 17.4 Å². The van der Waals surface area contributed by atoms with Crippen molar-refractivity contribution in [2.24, 2.45) is 0 Å². The summed E-state index contributed by atoms with van der Waals surface area (Å²) in [6.07, 6.45) is 0.0511. The van der Waals surface area contributed by atoms with E-state index < -0.39 is 35.3 Å². The molecular weight excluding hydrogens is 463 g/mol. The Bertz CT molecular complexity index is 1360. The van der Waals surface area contributed by atoms with Crippen molar-refractivity contribution in [3.05, 3.63) is 82.2 Å². The first-order chi connectivity index (χ1) is 16.8. The Morgan fingerprint density at radius 3 is 2.60 bits per heavy atom. The van der Waals surface area contributed by atoms with Gasteiger partial charge in [-0.05, 0) is 43.2 Å². The van der Waals surface area contributed by atoms with Crippen LogP contribution >= 0.6 is 0 Å². The molecule has 35 heavy (non-hydrogen) atoms. The summed E-state index contributed by atoms with van der Waals surface area (Å²) in [5.74, 6) is -3.39. The van der Waals surface area contributed by atoms with Gasteiger partial charge >= 0.3 is 5.97 Å². The molecule has 2 atom stereocenters. The predicted molar refractivity (Wildman–Crippen MR) is 116 cm³/mol. The van der Waals surface area contributed by atoms with Crippen LogP contribution in [-0.2, 0) is 11.2 Å². The average Bonchev–Trinajstić information content (AvgIpc) is 3.42. The van der Waals surface area contributed by atoms with Gasteiger partial charge in [-0.3, -0.25) is 4.79 Å². The van der Waals surface area contributed by atoms with E-state index in [1.807, 2.05) is 0 Å². The first-order valence-corrected chi connectivity index (χ1v) is 10.9. The summed E-state index contributed by atoms with van der Waals surface area (Å²) in [6.45, 7) is 0.259. The molecule has 178 valence electrons. The SMILES string of the molecule is N#Cc1cc(F)c(Oc2ccc(F)c3c2CC[C@H]3Oc2ccc3c(c2)OCC3CC(=O)O)c(F)c1. The number of carboxylic acids is 1. The summed E-state index contributed by atoms with van der Waals surface area (Å²) in [6, 6.07) is 10.9. The molecule has 0 spiro atoms. The van der Waals surface area contributed by atoms with E-state index in [9.17, 15) is 18.0 Å². The van der Waals surface area contributed by atoms with Crippen molar-refractivity contribution in [2.75, 3.05) is 6.61 Å². The number of benzene rings is 3. The lowest BCUT2D eigenvalue weighted by atomic mass is 9.98. The van der Waals surface area contributed by atoms with Crippen LogP contribution in [0.15, 0.2) is 42.5 Å². The van der Waals surface area contributed by atoms with E-state index in [4.69, 9.17) is 24.6 Å². The van der Waals surface area contributed by atoms with Crippen molar-refractivity contribution in [3.8, 4) is 29.1 Å². The first kappa shape index (κ1) is 22.6. The lowest BCUT2D eigenvalue weighted by Crippen LogP contribution is -2.07. The fourth-order valence-corrected chi connectivity index (χ4v) is 4.56. The molecular formula is C26H18F3NO5. The van der Waals surface area contributed by atoms with Gasteiger partial charge in [-0.15, -0.1) is 0 Å². The van der Waals surface area contributed by atoms with E-state index in [2.05, 4.69) is 0 Å². The Hall–Kier alpha value is -4.19. The number of fused-ring (bicyclic) bond motifs is 2. The third-order valence-electron chi connectivity index (χ3n) is 6.14. The standard InChI is InChI=1S/C26H18F3NO5/c27-18-4-6-21(35-26-19(28)7-13(11-30)8-20(26)29)17-3-5-22(25(17)18)34-15-1-2-16-14(9-24(31)32)12-33-23(16)10-15/h1-2,4,6-8,10,14,22H,3,5,9,12H2,(H,31,32)/t14?,22-/m1/s1. The molecule has 0 saturated heterocycles. The second-order valence-electron chi connectivity index (χ2n) is 8.37. The number of ether oxygens (including phenoxy) is 3. The van der Waals surface area contributed by atoms with Gasteiger partial charge in [0.2, 0.25) is 0 Å². The molecule has 1 aliphatic carbocycles. The van der Waals surface area contributed by atoms with Crippen LogP contribution in [0.5, 0.6) is 23.0 Å². The zero-order chi connectivity index (χ0) is 24.7. The summed E-state index contributed by atoms with van der Waals surface area (Å²) < 4.78 is 60.6. The summed E-state index contributed by atoms with van der Waals surface area (Å²) in [4.78, 5) is 11.0. The highest BCUT2D eigenvalue weighted by molar-refractivity contribution is 5.68. The molecule has 6 nitrogen and oxygen atoms in total. The van der Waals surface area contributed by atoms with E-state index >= 15 is 0 Å². The van der Waals surface area contributed by atoms with E-state index in [1.165, 1.54) is 6.07 Å². The van der Waals surface area contributed by atoms with Crippen molar-refractivity contribution >= 4 is 5.97 Å². The Morgan fingerprint density at radius 2 is 1.89 bits per heavy atom. The third kappa shape index (κ3) is 4.23. The smallest absolute Gasteiger partial charge is 0.304 e. The van der Waals surface area contributed by atoms with Crippen molar-refractivity contribution in [3.63, 3.8) is 0 Å². The van der Waals surface area contributed by atoms with Crippen LogP contribution in [0.1, 0.15) is 47.1 Å². The molecule has 0 fully saturated rings. The van der Waals surface area contributed by atoms with Gasteiger partial charge in [0.05, 0.1) is 24.7 Å². The van der Waals surface area contributed by atoms with Crippen LogP contribution in [0.25, 0.3) is 0 Å². The lowest BCUT2D eigenvalue weighted by molar-refractivity contribution is -0.137.